The molecule has 1 aromatic rings. The Labute approximate surface area is 164 Å². The first kappa shape index (κ1) is 20.3. The van der Waals surface area contributed by atoms with Crippen LogP contribution >= 0.6 is 0 Å². The first-order chi connectivity index (χ1) is 13.4. The molecule has 9 heteroatoms. The van der Waals surface area contributed by atoms with Crippen LogP contribution in [0.25, 0.3) is 0 Å². The van der Waals surface area contributed by atoms with E-state index in [4.69, 9.17) is 4.74 Å². The number of ether oxygens (including phenoxy) is 1. The van der Waals surface area contributed by atoms with E-state index in [9.17, 15) is 14.4 Å². The average molecular weight is 391 g/mol. The molecule has 0 atom stereocenters. The average Bonchev–Trinajstić information content (AvgIpc) is 3.17. The molecule has 3 rings (SSSR count). The molecule has 2 N–H and O–H groups in total. The number of nitrogens with zero attached hydrogens (tertiary/aromatic N) is 3. The summed E-state index contributed by atoms with van der Waals surface area (Å²) in [5.74, 6) is -0.443. The monoisotopic (exact) mass is 391 g/mol. The van der Waals surface area contributed by atoms with Crippen molar-refractivity contribution in [3.63, 3.8) is 0 Å². The molecule has 0 aromatic carbocycles. The molecule has 1 saturated heterocycles. The number of imidazole rings is 1. The Kier molecular flexibility index (Phi) is 6.02. The minimum atomic E-state index is -0.513. The lowest BCUT2D eigenvalue weighted by Crippen LogP contribution is -2.60. The Morgan fingerprint density at radius 2 is 1.96 bits per heavy atom. The van der Waals surface area contributed by atoms with Gasteiger partial charge in [0.15, 0.2) is 0 Å². The lowest BCUT2D eigenvalue weighted by Gasteiger charge is -2.50. The fourth-order valence-electron chi connectivity index (χ4n) is 4.15. The molecule has 0 unspecified atom stereocenters. The zero-order chi connectivity index (χ0) is 20.3. The van der Waals surface area contributed by atoms with Gasteiger partial charge in [-0.1, -0.05) is 13.8 Å². The van der Waals surface area contributed by atoms with Crippen LogP contribution in [0, 0.1) is 5.92 Å². The fourth-order valence-corrected chi connectivity index (χ4v) is 4.15. The Bertz CT molecular complexity index is 736. The third kappa shape index (κ3) is 3.76. The zero-order valence-electron chi connectivity index (χ0n) is 16.8. The summed E-state index contributed by atoms with van der Waals surface area (Å²) < 4.78 is 5.07. The summed E-state index contributed by atoms with van der Waals surface area (Å²) in [6.07, 6.45) is 3.64. The molecule has 154 valence electrons. The number of hydrogen-bond acceptors (Lipinski definition) is 5. The molecule has 3 amide bonds. The second-order valence-corrected chi connectivity index (χ2v) is 7.74. The number of nitrogens with one attached hydrogen (secondary N) is 2. The van der Waals surface area contributed by atoms with Crippen molar-refractivity contribution in [2.24, 2.45) is 5.92 Å². The number of methoxy groups -OCH3 is 1. The standard InChI is InChI=1S/C19H29N5O4/c1-13(2)18(27)20-10-15(25)23-8-5-19(6-9-23)17-14(21-12-22-17)4-7-24(19)16(26)11-28-3/h12-13H,4-11H2,1-3H3,(H,20,27)(H,21,22). The molecule has 2 aliphatic rings. The van der Waals surface area contributed by atoms with Gasteiger partial charge in [0.25, 0.3) is 0 Å². The molecule has 1 fully saturated rings. The van der Waals surface area contributed by atoms with Gasteiger partial charge in [-0.25, -0.2) is 4.98 Å². The normalized spacial score (nSPS) is 18.3. The summed E-state index contributed by atoms with van der Waals surface area (Å²) in [5, 5.41) is 2.68. The van der Waals surface area contributed by atoms with Gasteiger partial charge in [0.05, 0.1) is 24.1 Å². The molecule has 0 radical (unpaired) electrons. The molecule has 28 heavy (non-hydrogen) atoms. The Balaban J connectivity index is 1.71. The number of carbonyl (C=O) groups is 3. The number of fused-ring (bicyclic) bond motifs is 2. The number of aromatic nitrogens is 2. The number of likely N-dealkylation sites (tertiary alicyclic amines) is 1. The highest BCUT2D eigenvalue weighted by Gasteiger charge is 2.49. The van der Waals surface area contributed by atoms with Crippen LogP contribution in [-0.4, -0.2) is 77.4 Å². The van der Waals surface area contributed by atoms with Crippen LogP contribution in [0.2, 0.25) is 0 Å². The van der Waals surface area contributed by atoms with E-state index in [1.165, 1.54) is 7.11 Å². The summed E-state index contributed by atoms with van der Waals surface area (Å²) in [5.41, 5.74) is 1.45. The molecule has 2 aliphatic heterocycles. The van der Waals surface area contributed by atoms with Crippen LogP contribution in [0.3, 0.4) is 0 Å². The smallest absolute Gasteiger partial charge is 0.249 e. The van der Waals surface area contributed by atoms with Crippen molar-refractivity contribution in [1.82, 2.24) is 25.1 Å². The van der Waals surface area contributed by atoms with E-state index in [0.29, 0.717) is 32.5 Å². The number of piperidine rings is 1. The van der Waals surface area contributed by atoms with Crippen molar-refractivity contribution in [3.8, 4) is 0 Å². The van der Waals surface area contributed by atoms with Gasteiger partial charge < -0.3 is 24.8 Å². The van der Waals surface area contributed by atoms with Crippen LogP contribution in [0.5, 0.6) is 0 Å². The third-order valence-corrected chi connectivity index (χ3v) is 5.71. The Hall–Kier alpha value is -2.42. The zero-order valence-corrected chi connectivity index (χ0v) is 16.8. The summed E-state index contributed by atoms with van der Waals surface area (Å²) >= 11 is 0. The molecule has 0 bridgehead atoms. The van der Waals surface area contributed by atoms with Crippen molar-refractivity contribution in [2.75, 3.05) is 39.9 Å². The van der Waals surface area contributed by atoms with E-state index in [0.717, 1.165) is 17.8 Å². The highest BCUT2D eigenvalue weighted by molar-refractivity contribution is 5.85. The number of rotatable bonds is 5. The van der Waals surface area contributed by atoms with E-state index in [1.807, 2.05) is 4.90 Å². The molecule has 0 aliphatic carbocycles. The Morgan fingerprint density at radius 1 is 1.25 bits per heavy atom. The van der Waals surface area contributed by atoms with Gasteiger partial charge in [-0.05, 0) is 12.8 Å². The summed E-state index contributed by atoms with van der Waals surface area (Å²) in [4.78, 5) is 48.3. The predicted octanol–water partition coefficient (Wildman–Crippen LogP) is 0.0307. The van der Waals surface area contributed by atoms with Crippen LogP contribution in [0.1, 0.15) is 38.1 Å². The number of carbonyl (C=O) groups excluding carboxylic acids is 3. The van der Waals surface area contributed by atoms with Gasteiger partial charge in [-0.3, -0.25) is 14.4 Å². The molecule has 9 nitrogen and oxygen atoms in total. The number of H-pyrrole nitrogens is 1. The van der Waals surface area contributed by atoms with E-state index in [-0.39, 0.29) is 36.8 Å². The van der Waals surface area contributed by atoms with Crippen molar-refractivity contribution < 1.29 is 19.1 Å². The van der Waals surface area contributed by atoms with E-state index < -0.39 is 5.54 Å². The summed E-state index contributed by atoms with van der Waals surface area (Å²) in [6.45, 7) is 5.26. The maximum atomic E-state index is 12.7. The lowest BCUT2D eigenvalue weighted by atomic mass is 9.78. The first-order valence-corrected chi connectivity index (χ1v) is 9.76. The molecule has 1 aromatic heterocycles. The number of amides is 3. The van der Waals surface area contributed by atoms with Gasteiger partial charge in [0.1, 0.15) is 6.61 Å². The van der Waals surface area contributed by atoms with Gasteiger partial charge in [0, 0.05) is 44.8 Å². The number of hydrogen-bond donors (Lipinski definition) is 2. The second-order valence-electron chi connectivity index (χ2n) is 7.74. The molecule has 1 spiro atoms. The van der Waals surface area contributed by atoms with Crippen molar-refractivity contribution in [3.05, 3.63) is 17.7 Å². The maximum Gasteiger partial charge on any atom is 0.249 e. The molecular weight excluding hydrogens is 362 g/mol. The minimum Gasteiger partial charge on any atom is -0.375 e. The van der Waals surface area contributed by atoms with Crippen molar-refractivity contribution >= 4 is 17.7 Å². The fraction of sp³-hybridized carbons (Fsp3) is 0.684. The highest BCUT2D eigenvalue weighted by atomic mass is 16.5. The van der Waals surface area contributed by atoms with Crippen LogP contribution in [0.15, 0.2) is 6.33 Å². The highest BCUT2D eigenvalue weighted by Crippen LogP contribution is 2.42. The van der Waals surface area contributed by atoms with E-state index in [1.54, 1.807) is 25.1 Å². The SMILES string of the molecule is COCC(=O)N1CCc2[nH]cnc2C12CCN(C(=O)CNC(=O)C(C)C)CC2. The predicted molar refractivity (Wildman–Crippen MR) is 101 cm³/mol. The second kappa shape index (κ2) is 8.30. The minimum absolute atomic E-state index is 0.00396. The largest absolute Gasteiger partial charge is 0.375 e. The summed E-state index contributed by atoms with van der Waals surface area (Å²) in [6, 6.07) is 0. The van der Waals surface area contributed by atoms with Crippen LogP contribution < -0.4 is 5.32 Å². The van der Waals surface area contributed by atoms with Gasteiger partial charge in [-0.15, -0.1) is 0 Å². The van der Waals surface area contributed by atoms with Crippen LogP contribution in [-0.2, 0) is 31.1 Å². The van der Waals surface area contributed by atoms with Crippen molar-refractivity contribution in [2.45, 2.75) is 38.6 Å². The van der Waals surface area contributed by atoms with Gasteiger partial charge in [0.2, 0.25) is 17.7 Å². The Morgan fingerprint density at radius 3 is 2.61 bits per heavy atom. The van der Waals surface area contributed by atoms with E-state index >= 15 is 0 Å². The van der Waals surface area contributed by atoms with Gasteiger partial charge in [-0.2, -0.15) is 0 Å². The third-order valence-electron chi connectivity index (χ3n) is 5.71. The van der Waals surface area contributed by atoms with E-state index in [2.05, 4.69) is 15.3 Å². The molecule has 0 saturated carbocycles. The topological polar surface area (TPSA) is 108 Å². The van der Waals surface area contributed by atoms with Gasteiger partial charge >= 0.3 is 0 Å². The summed E-state index contributed by atoms with van der Waals surface area (Å²) in [7, 11) is 1.52. The quantitative estimate of drug-likeness (QED) is 0.736. The van der Waals surface area contributed by atoms with Crippen LogP contribution in [0.4, 0.5) is 0 Å². The lowest BCUT2D eigenvalue weighted by molar-refractivity contribution is -0.148. The molecule has 3 heterocycles. The molecular formula is C19H29N5O4. The first-order valence-electron chi connectivity index (χ1n) is 9.76. The maximum absolute atomic E-state index is 12.7. The van der Waals surface area contributed by atoms with Crippen molar-refractivity contribution in [1.29, 1.82) is 0 Å². The number of aromatic amines is 1.